The van der Waals surface area contributed by atoms with Gasteiger partial charge in [0.2, 0.25) is 0 Å². The maximum absolute atomic E-state index is 12.0. The predicted octanol–water partition coefficient (Wildman–Crippen LogP) is -0.887. The number of ether oxygens (including phenoxy) is 1. The first-order valence-electron chi connectivity index (χ1n) is 6.19. The molecule has 1 aromatic rings. The molecule has 0 bridgehead atoms. The fourth-order valence-electron chi connectivity index (χ4n) is 1.56. The second kappa shape index (κ2) is 7.09. The summed E-state index contributed by atoms with van der Waals surface area (Å²) in [6, 6.07) is 4.50. The smallest absolute Gasteiger partial charge is 0.252 e. The van der Waals surface area contributed by atoms with Crippen LogP contribution >= 0.6 is 0 Å². The summed E-state index contributed by atoms with van der Waals surface area (Å²) in [5.41, 5.74) is 4.83. The number of hydrogen-bond acceptors (Lipinski definition) is 6. The third kappa shape index (κ3) is 3.60. The van der Waals surface area contributed by atoms with Crippen molar-refractivity contribution < 1.29 is 24.9 Å². The van der Waals surface area contributed by atoms with Crippen molar-refractivity contribution in [3.05, 3.63) is 23.8 Å². The Kier molecular flexibility index (Phi) is 5.75. The van der Waals surface area contributed by atoms with E-state index in [2.05, 4.69) is 5.32 Å². The molecule has 0 aliphatic heterocycles. The van der Waals surface area contributed by atoms with Crippen LogP contribution in [0.2, 0.25) is 0 Å². The van der Waals surface area contributed by atoms with Crippen molar-refractivity contribution in [1.82, 2.24) is 5.32 Å². The van der Waals surface area contributed by atoms with E-state index in [1.165, 1.54) is 12.1 Å². The van der Waals surface area contributed by atoms with Crippen molar-refractivity contribution in [1.29, 1.82) is 0 Å². The van der Waals surface area contributed by atoms with Crippen molar-refractivity contribution in [3.63, 3.8) is 0 Å². The molecule has 1 amide bonds. The molecule has 0 saturated carbocycles. The van der Waals surface area contributed by atoms with Gasteiger partial charge in [-0.3, -0.25) is 4.79 Å². The van der Waals surface area contributed by atoms with Gasteiger partial charge >= 0.3 is 0 Å². The number of nitrogen functional groups attached to an aromatic ring is 1. The summed E-state index contributed by atoms with van der Waals surface area (Å²) in [7, 11) is 0. The zero-order valence-electron chi connectivity index (χ0n) is 11.3. The van der Waals surface area contributed by atoms with E-state index in [1.54, 1.807) is 6.07 Å². The largest absolute Gasteiger partial charge is 0.492 e. The van der Waals surface area contributed by atoms with Crippen LogP contribution in [0.3, 0.4) is 0 Å². The fourth-order valence-corrected chi connectivity index (χ4v) is 1.56. The molecule has 0 fully saturated rings. The highest BCUT2D eigenvalue weighted by Gasteiger charge is 2.30. The second-order valence-corrected chi connectivity index (χ2v) is 4.39. The molecule has 0 aliphatic carbocycles. The van der Waals surface area contributed by atoms with Crippen LogP contribution in [0.1, 0.15) is 17.3 Å². The summed E-state index contributed by atoms with van der Waals surface area (Å²) < 4.78 is 5.26. The first-order valence-corrected chi connectivity index (χ1v) is 6.19. The minimum atomic E-state index is -1.47. The molecular weight excluding hydrogens is 264 g/mol. The molecule has 0 saturated heterocycles. The zero-order chi connectivity index (χ0) is 15.2. The third-order valence-electron chi connectivity index (χ3n) is 2.86. The lowest BCUT2D eigenvalue weighted by atomic mass is 10.0. The standard InChI is InChI=1S/C13H20N2O5/c1-2-20-11-4-3-9(5-10(11)14)12(19)15-13(6-16,7-17)8-18/h3-5,16-18H,2,6-8,14H2,1H3,(H,15,19). The van der Waals surface area contributed by atoms with Crippen LogP contribution in [-0.4, -0.2) is 53.2 Å². The van der Waals surface area contributed by atoms with E-state index in [-0.39, 0.29) is 5.56 Å². The number of hydrogen-bond donors (Lipinski definition) is 5. The number of benzene rings is 1. The normalized spacial score (nSPS) is 11.2. The Morgan fingerprint density at radius 1 is 1.30 bits per heavy atom. The van der Waals surface area contributed by atoms with Crippen LogP contribution in [0.15, 0.2) is 18.2 Å². The van der Waals surface area contributed by atoms with Crippen LogP contribution in [0.5, 0.6) is 5.75 Å². The van der Waals surface area contributed by atoms with Gasteiger partial charge in [0.25, 0.3) is 5.91 Å². The highest BCUT2D eigenvalue weighted by Crippen LogP contribution is 2.22. The average Bonchev–Trinajstić information content (AvgIpc) is 2.47. The molecule has 1 rings (SSSR count). The third-order valence-corrected chi connectivity index (χ3v) is 2.86. The van der Waals surface area contributed by atoms with Gasteiger partial charge in [-0.2, -0.15) is 0 Å². The number of aliphatic hydroxyl groups excluding tert-OH is 3. The lowest BCUT2D eigenvalue weighted by Gasteiger charge is -2.28. The molecule has 7 nitrogen and oxygen atoms in total. The van der Waals surface area contributed by atoms with E-state index in [0.29, 0.717) is 18.0 Å². The molecule has 20 heavy (non-hydrogen) atoms. The van der Waals surface area contributed by atoms with Gasteiger partial charge in [-0.15, -0.1) is 0 Å². The van der Waals surface area contributed by atoms with Gasteiger partial charge in [-0.1, -0.05) is 0 Å². The topological polar surface area (TPSA) is 125 Å². The SMILES string of the molecule is CCOc1ccc(C(=O)NC(CO)(CO)CO)cc1N. The van der Waals surface area contributed by atoms with Crippen molar-refractivity contribution in [2.24, 2.45) is 0 Å². The molecule has 0 atom stereocenters. The Hall–Kier alpha value is -1.83. The van der Waals surface area contributed by atoms with Crippen molar-refractivity contribution in [2.75, 3.05) is 32.2 Å². The highest BCUT2D eigenvalue weighted by atomic mass is 16.5. The van der Waals surface area contributed by atoms with E-state index in [1.807, 2.05) is 6.92 Å². The quantitative estimate of drug-likeness (QED) is 0.414. The van der Waals surface area contributed by atoms with Gasteiger partial charge in [0.1, 0.15) is 11.3 Å². The van der Waals surface area contributed by atoms with E-state index in [0.717, 1.165) is 0 Å². The Morgan fingerprint density at radius 3 is 2.35 bits per heavy atom. The average molecular weight is 284 g/mol. The van der Waals surface area contributed by atoms with Gasteiger partial charge in [0.05, 0.1) is 32.1 Å². The lowest BCUT2D eigenvalue weighted by Crippen LogP contribution is -2.57. The van der Waals surface area contributed by atoms with Gasteiger partial charge in [0, 0.05) is 5.56 Å². The highest BCUT2D eigenvalue weighted by molar-refractivity contribution is 5.96. The molecule has 0 aliphatic rings. The number of aliphatic hydroxyl groups is 3. The van der Waals surface area contributed by atoms with Crippen molar-refractivity contribution in [2.45, 2.75) is 12.5 Å². The van der Waals surface area contributed by atoms with E-state index in [4.69, 9.17) is 25.8 Å². The summed E-state index contributed by atoms with van der Waals surface area (Å²) in [5.74, 6) is -0.0845. The molecule has 0 radical (unpaired) electrons. The van der Waals surface area contributed by atoms with E-state index >= 15 is 0 Å². The summed E-state index contributed by atoms with van der Waals surface area (Å²) in [4.78, 5) is 12.0. The predicted molar refractivity (Wildman–Crippen MR) is 73.5 cm³/mol. The molecular formula is C13H20N2O5. The Labute approximate surface area is 117 Å². The van der Waals surface area contributed by atoms with Crippen molar-refractivity contribution in [3.8, 4) is 5.75 Å². The molecule has 0 unspecified atom stereocenters. The first-order chi connectivity index (χ1) is 9.51. The molecule has 7 heteroatoms. The summed E-state index contributed by atoms with van der Waals surface area (Å²) in [6.07, 6.45) is 0. The lowest BCUT2D eigenvalue weighted by molar-refractivity contribution is 0.0375. The molecule has 0 spiro atoms. The number of nitrogens with one attached hydrogen (secondary N) is 1. The molecule has 1 aromatic carbocycles. The maximum Gasteiger partial charge on any atom is 0.252 e. The minimum Gasteiger partial charge on any atom is -0.492 e. The molecule has 0 heterocycles. The second-order valence-electron chi connectivity index (χ2n) is 4.39. The number of nitrogens with two attached hydrogens (primary N) is 1. The Balaban J connectivity index is 2.90. The van der Waals surface area contributed by atoms with Gasteiger partial charge in [-0.05, 0) is 25.1 Å². The van der Waals surface area contributed by atoms with Crippen LogP contribution in [0.4, 0.5) is 5.69 Å². The molecule has 6 N–H and O–H groups in total. The number of carbonyl (C=O) groups is 1. The summed E-state index contributed by atoms with van der Waals surface area (Å²) in [5, 5.41) is 29.9. The number of amides is 1. The van der Waals surface area contributed by atoms with Gasteiger partial charge < -0.3 is 31.1 Å². The summed E-state index contributed by atoms with van der Waals surface area (Å²) in [6.45, 7) is 0.519. The summed E-state index contributed by atoms with van der Waals surface area (Å²) >= 11 is 0. The Bertz CT molecular complexity index is 452. The fraction of sp³-hybridized carbons (Fsp3) is 0.462. The zero-order valence-corrected chi connectivity index (χ0v) is 11.3. The van der Waals surface area contributed by atoms with E-state index < -0.39 is 31.3 Å². The number of rotatable bonds is 7. The van der Waals surface area contributed by atoms with Crippen LogP contribution in [0.25, 0.3) is 0 Å². The van der Waals surface area contributed by atoms with Crippen LogP contribution in [0, 0.1) is 0 Å². The van der Waals surface area contributed by atoms with Crippen molar-refractivity contribution >= 4 is 11.6 Å². The minimum absolute atomic E-state index is 0.241. The number of anilines is 1. The van der Waals surface area contributed by atoms with E-state index in [9.17, 15) is 4.79 Å². The monoisotopic (exact) mass is 284 g/mol. The Morgan fingerprint density at radius 2 is 1.90 bits per heavy atom. The number of carbonyl (C=O) groups excluding carboxylic acids is 1. The molecule has 112 valence electrons. The first kappa shape index (κ1) is 16.2. The maximum atomic E-state index is 12.0. The van der Waals surface area contributed by atoms with Crippen LogP contribution < -0.4 is 15.8 Å². The van der Waals surface area contributed by atoms with Gasteiger partial charge in [-0.25, -0.2) is 0 Å². The van der Waals surface area contributed by atoms with Crippen LogP contribution in [-0.2, 0) is 0 Å². The van der Waals surface area contributed by atoms with Gasteiger partial charge in [0.15, 0.2) is 0 Å². The molecule has 0 aromatic heterocycles.